The van der Waals surface area contributed by atoms with Gasteiger partial charge in [-0.3, -0.25) is 0 Å². The zero-order valence-corrected chi connectivity index (χ0v) is 8.70. The van der Waals surface area contributed by atoms with Gasteiger partial charge < -0.3 is 4.52 Å². The lowest BCUT2D eigenvalue weighted by molar-refractivity contribution is 0.379. The minimum atomic E-state index is -0.347. The zero-order chi connectivity index (χ0) is 10.8. The lowest BCUT2D eigenvalue weighted by Gasteiger charge is -1.93. The summed E-state index contributed by atoms with van der Waals surface area (Å²) in [6.45, 7) is 1.73. The monoisotopic (exact) mass is 226 g/mol. The van der Waals surface area contributed by atoms with Crippen LogP contribution in [-0.2, 0) is 0 Å². The number of benzene rings is 1. The Morgan fingerprint density at radius 2 is 2.27 bits per heavy atom. The second kappa shape index (κ2) is 3.98. The molecular formula is C10H8ClFN2O. The fraction of sp³-hybridized carbons (Fsp3) is 0.200. The van der Waals surface area contributed by atoms with E-state index in [4.69, 9.17) is 16.1 Å². The highest BCUT2D eigenvalue weighted by Crippen LogP contribution is 2.21. The molecule has 15 heavy (non-hydrogen) atoms. The van der Waals surface area contributed by atoms with Crippen molar-refractivity contribution >= 4 is 11.6 Å². The van der Waals surface area contributed by atoms with Crippen LogP contribution in [0.4, 0.5) is 4.39 Å². The van der Waals surface area contributed by atoms with Crippen LogP contribution in [0.15, 0.2) is 28.8 Å². The van der Waals surface area contributed by atoms with Crippen LogP contribution in [0.25, 0.3) is 11.4 Å². The van der Waals surface area contributed by atoms with Gasteiger partial charge in [0.1, 0.15) is 11.2 Å². The van der Waals surface area contributed by atoms with E-state index in [-0.39, 0.29) is 11.2 Å². The van der Waals surface area contributed by atoms with E-state index >= 15 is 0 Å². The minimum Gasteiger partial charge on any atom is -0.337 e. The summed E-state index contributed by atoms with van der Waals surface area (Å²) in [6, 6.07) is 5.99. The fourth-order valence-corrected chi connectivity index (χ4v) is 1.23. The molecule has 1 aromatic heterocycles. The van der Waals surface area contributed by atoms with Gasteiger partial charge in [0.25, 0.3) is 0 Å². The van der Waals surface area contributed by atoms with Gasteiger partial charge in [0.2, 0.25) is 11.7 Å². The molecule has 1 heterocycles. The molecule has 0 radical (unpaired) electrons. The summed E-state index contributed by atoms with van der Waals surface area (Å²) in [5.74, 6) is 0.339. The second-order valence-corrected chi connectivity index (χ2v) is 3.74. The van der Waals surface area contributed by atoms with Crippen molar-refractivity contribution in [3.05, 3.63) is 36.0 Å². The van der Waals surface area contributed by atoms with E-state index in [0.29, 0.717) is 17.3 Å². The Labute approximate surface area is 90.9 Å². The molecule has 3 nitrogen and oxygen atoms in total. The smallest absolute Gasteiger partial charge is 0.244 e. The molecule has 0 unspecified atom stereocenters. The third kappa shape index (κ3) is 2.15. The van der Waals surface area contributed by atoms with Gasteiger partial charge in [-0.2, -0.15) is 4.98 Å². The molecular weight excluding hydrogens is 219 g/mol. The Bertz CT molecular complexity index is 470. The van der Waals surface area contributed by atoms with Crippen molar-refractivity contribution in [3.8, 4) is 11.4 Å². The SMILES string of the molecule is C[C@@H](Cl)c1nc(-c2cccc(F)c2)no1. The lowest BCUT2D eigenvalue weighted by atomic mass is 10.2. The summed E-state index contributed by atoms with van der Waals surface area (Å²) < 4.78 is 17.8. The molecule has 0 fully saturated rings. The number of hydrogen-bond donors (Lipinski definition) is 0. The lowest BCUT2D eigenvalue weighted by Crippen LogP contribution is -1.85. The third-order valence-electron chi connectivity index (χ3n) is 1.86. The summed E-state index contributed by atoms with van der Waals surface area (Å²) in [5.41, 5.74) is 0.572. The molecule has 1 atom stereocenters. The zero-order valence-electron chi connectivity index (χ0n) is 7.95. The fourth-order valence-electron chi connectivity index (χ4n) is 1.14. The van der Waals surface area contributed by atoms with E-state index in [1.807, 2.05) is 0 Å². The van der Waals surface area contributed by atoms with Crippen molar-refractivity contribution in [3.63, 3.8) is 0 Å². The highest BCUT2D eigenvalue weighted by Gasteiger charge is 2.12. The van der Waals surface area contributed by atoms with Gasteiger partial charge in [-0.25, -0.2) is 4.39 Å². The summed E-state index contributed by atoms with van der Waals surface area (Å²) in [5, 5.41) is 3.36. The van der Waals surface area contributed by atoms with Gasteiger partial charge in [0, 0.05) is 5.56 Å². The van der Waals surface area contributed by atoms with E-state index < -0.39 is 0 Å². The molecule has 0 aliphatic rings. The molecule has 0 aliphatic carbocycles. The summed E-state index contributed by atoms with van der Waals surface area (Å²) in [7, 11) is 0. The number of rotatable bonds is 2. The Morgan fingerprint density at radius 3 is 2.87 bits per heavy atom. The Balaban J connectivity index is 2.37. The maximum absolute atomic E-state index is 12.9. The van der Waals surface area contributed by atoms with Crippen molar-refractivity contribution in [2.75, 3.05) is 0 Å². The van der Waals surface area contributed by atoms with Crippen LogP contribution in [0.5, 0.6) is 0 Å². The average Bonchev–Trinajstić information content (AvgIpc) is 2.66. The van der Waals surface area contributed by atoms with Crippen LogP contribution in [0.3, 0.4) is 0 Å². The number of aromatic nitrogens is 2. The van der Waals surface area contributed by atoms with Crippen molar-refractivity contribution in [1.82, 2.24) is 10.1 Å². The van der Waals surface area contributed by atoms with Crippen molar-refractivity contribution in [1.29, 1.82) is 0 Å². The van der Waals surface area contributed by atoms with Crippen LogP contribution in [-0.4, -0.2) is 10.1 Å². The maximum Gasteiger partial charge on any atom is 0.244 e. The van der Waals surface area contributed by atoms with E-state index in [2.05, 4.69) is 10.1 Å². The molecule has 0 saturated heterocycles. The Morgan fingerprint density at radius 1 is 1.47 bits per heavy atom. The van der Waals surface area contributed by atoms with Gasteiger partial charge in [-0.15, -0.1) is 11.6 Å². The topological polar surface area (TPSA) is 38.9 Å². The molecule has 0 bridgehead atoms. The Hall–Kier alpha value is -1.42. The maximum atomic E-state index is 12.9. The first-order valence-electron chi connectivity index (χ1n) is 4.40. The van der Waals surface area contributed by atoms with Crippen LogP contribution >= 0.6 is 11.6 Å². The van der Waals surface area contributed by atoms with Crippen molar-refractivity contribution in [2.45, 2.75) is 12.3 Å². The predicted octanol–water partition coefficient (Wildman–Crippen LogP) is 3.18. The van der Waals surface area contributed by atoms with Gasteiger partial charge in [0.15, 0.2) is 0 Å². The average molecular weight is 227 g/mol. The summed E-state index contributed by atoms with van der Waals surface area (Å²) >= 11 is 5.76. The molecule has 2 aromatic rings. The van der Waals surface area contributed by atoms with E-state index in [0.717, 1.165) is 0 Å². The number of hydrogen-bond acceptors (Lipinski definition) is 3. The molecule has 5 heteroatoms. The number of nitrogens with zero attached hydrogens (tertiary/aromatic N) is 2. The van der Waals surface area contributed by atoms with E-state index in [1.165, 1.54) is 12.1 Å². The molecule has 0 saturated carbocycles. The van der Waals surface area contributed by atoms with E-state index in [9.17, 15) is 4.39 Å². The first-order valence-corrected chi connectivity index (χ1v) is 4.84. The van der Waals surface area contributed by atoms with E-state index in [1.54, 1.807) is 19.1 Å². The van der Waals surface area contributed by atoms with Crippen LogP contribution in [0.2, 0.25) is 0 Å². The normalized spacial score (nSPS) is 12.7. The predicted molar refractivity (Wildman–Crippen MR) is 54.0 cm³/mol. The molecule has 2 rings (SSSR count). The van der Waals surface area contributed by atoms with Crippen molar-refractivity contribution < 1.29 is 8.91 Å². The standard InChI is InChI=1S/C10H8ClFN2O/c1-6(11)10-13-9(14-15-10)7-3-2-4-8(12)5-7/h2-6H,1H3/t6-/m1/s1. The molecule has 0 amide bonds. The highest BCUT2D eigenvalue weighted by atomic mass is 35.5. The number of alkyl halides is 1. The first kappa shape index (κ1) is 10.1. The molecule has 1 aromatic carbocycles. The second-order valence-electron chi connectivity index (χ2n) is 3.08. The summed E-state index contributed by atoms with van der Waals surface area (Å²) in [4.78, 5) is 4.04. The van der Waals surface area contributed by atoms with Gasteiger partial charge in [-0.1, -0.05) is 17.3 Å². The van der Waals surface area contributed by atoms with Gasteiger partial charge in [-0.05, 0) is 19.1 Å². The minimum absolute atomic E-state index is 0.330. The largest absolute Gasteiger partial charge is 0.337 e. The third-order valence-corrected chi connectivity index (χ3v) is 2.05. The van der Waals surface area contributed by atoms with Crippen molar-refractivity contribution in [2.24, 2.45) is 0 Å². The highest BCUT2D eigenvalue weighted by molar-refractivity contribution is 6.20. The molecule has 0 aliphatic heterocycles. The first-order chi connectivity index (χ1) is 7.16. The molecule has 0 N–H and O–H groups in total. The van der Waals surface area contributed by atoms with Crippen LogP contribution in [0.1, 0.15) is 18.2 Å². The quantitative estimate of drug-likeness (QED) is 0.739. The van der Waals surface area contributed by atoms with Crippen LogP contribution < -0.4 is 0 Å². The van der Waals surface area contributed by atoms with Gasteiger partial charge >= 0.3 is 0 Å². The molecule has 78 valence electrons. The molecule has 0 spiro atoms. The summed E-state index contributed by atoms with van der Waals surface area (Å²) in [6.07, 6.45) is 0. The van der Waals surface area contributed by atoms with Gasteiger partial charge in [0.05, 0.1) is 0 Å². The van der Waals surface area contributed by atoms with Crippen LogP contribution in [0, 0.1) is 5.82 Å². The Kier molecular flexibility index (Phi) is 2.68. The number of halogens is 2.